The Balaban J connectivity index is 2.43. The molecular weight excluding hydrogens is 320 g/mol. The van der Waals surface area contributed by atoms with Crippen molar-refractivity contribution in [3.05, 3.63) is 29.8 Å². The van der Waals surface area contributed by atoms with E-state index in [1.807, 2.05) is 18.2 Å². The van der Waals surface area contributed by atoms with Gasteiger partial charge in [-0.25, -0.2) is 0 Å². The lowest BCUT2D eigenvalue weighted by molar-refractivity contribution is 0.0945. The topological polar surface area (TPSA) is 55.1 Å². The van der Waals surface area contributed by atoms with Gasteiger partial charge in [-0.3, -0.25) is 4.79 Å². The highest BCUT2D eigenvalue weighted by Crippen LogP contribution is 2.23. The quantitative estimate of drug-likeness (QED) is 0.388. The summed E-state index contributed by atoms with van der Waals surface area (Å²) in [7, 11) is 0. The Hall–Kier alpha value is -1.51. The van der Waals surface area contributed by atoms with Crippen LogP contribution >= 0.6 is 0 Å². The number of carbonyl (C=O) groups is 1. The first-order chi connectivity index (χ1) is 12.6. The summed E-state index contributed by atoms with van der Waals surface area (Å²) in [6.07, 6.45) is 12.8. The van der Waals surface area contributed by atoms with E-state index in [2.05, 4.69) is 26.1 Å². The molecule has 1 amide bonds. The molecule has 3 N–H and O–H groups in total. The van der Waals surface area contributed by atoms with Crippen LogP contribution in [0.2, 0.25) is 0 Å². The molecule has 26 heavy (non-hydrogen) atoms. The Bertz CT molecular complexity index is 501. The molecule has 0 radical (unpaired) electrons. The van der Waals surface area contributed by atoms with Crippen LogP contribution in [-0.2, 0) is 0 Å². The Kier molecular flexibility index (Phi) is 11.8. The number of hydrogen-bond acceptors (Lipinski definition) is 2. The second-order valence-electron chi connectivity index (χ2n) is 7.69. The first-order valence-corrected chi connectivity index (χ1v) is 10.7. The summed E-state index contributed by atoms with van der Waals surface area (Å²) >= 11 is 0. The summed E-state index contributed by atoms with van der Waals surface area (Å²) in [6, 6.07) is 7.21. The fourth-order valence-electron chi connectivity index (χ4n) is 3.60. The van der Waals surface area contributed by atoms with Gasteiger partial charge in [-0.05, 0) is 42.9 Å². The van der Waals surface area contributed by atoms with Crippen LogP contribution in [0.25, 0.3) is 0 Å². The van der Waals surface area contributed by atoms with Gasteiger partial charge in [0.25, 0.3) is 5.91 Å². The highest BCUT2D eigenvalue weighted by Gasteiger charge is 2.13. The van der Waals surface area contributed by atoms with Crippen LogP contribution in [0.3, 0.4) is 0 Å². The number of carbonyl (C=O) groups excluding carboxylic acids is 1. The van der Waals surface area contributed by atoms with Crippen molar-refractivity contribution >= 4 is 11.6 Å². The number of hydrogen-bond donors (Lipinski definition) is 2. The molecule has 0 aliphatic carbocycles. The van der Waals surface area contributed by atoms with Gasteiger partial charge in [-0.2, -0.15) is 0 Å². The molecule has 1 aromatic rings. The van der Waals surface area contributed by atoms with Gasteiger partial charge in [-0.15, -0.1) is 0 Å². The Labute approximate surface area is 161 Å². The van der Waals surface area contributed by atoms with Gasteiger partial charge in [0, 0.05) is 17.8 Å². The zero-order valence-corrected chi connectivity index (χ0v) is 17.2. The fourth-order valence-corrected chi connectivity index (χ4v) is 3.60. The molecule has 0 bridgehead atoms. The third-order valence-electron chi connectivity index (χ3n) is 5.43. The van der Waals surface area contributed by atoms with Crippen molar-refractivity contribution in [3.63, 3.8) is 0 Å². The van der Waals surface area contributed by atoms with E-state index in [1.54, 1.807) is 6.07 Å². The van der Waals surface area contributed by atoms with Gasteiger partial charge in [0.15, 0.2) is 0 Å². The number of unbranched alkanes of at least 4 members (excludes halogenated alkanes) is 2. The first kappa shape index (κ1) is 22.5. The molecule has 0 saturated heterocycles. The van der Waals surface area contributed by atoms with Gasteiger partial charge >= 0.3 is 0 Å². The number of benzene rings is 1. The summed E-state index contributed by atoms with van der Waals surface area (Å²) in [5.74, 6) is 1.46. The van der Waals surface area contributed by atoms with Crippen LogP contribution in [0, 0.1) is 11.8 Å². The summed E-state index contributed by atoms with van der Waals surface area (Å²) in [4.78, 5) is 12.4. The molecule has 0 spiro atoms. The van der Waals surface area contributed by atoms with Crippen LogP contribution in [0.15, 0.2) is 24.3 Å². The average Bonchev–Trinajstić information content (AvgIpc) is 2.65. The van der Waals surface area contributed by atoms with Crippen molar-refractivity contribution in [3.8, 4) is 0 Å². The second kappa shape index (κ2) is 13.7. The molecule has 0 aliphatic heterocycles. The summed E-state index contributed by atoms with van der Waals surface area (Å²) in [5, 5.41) is 3.13. The Morgan fingerprint density at radius 2 is 1.58 bits per heavy atom. The van der Waals surface area contributed by atoms with Crippen molar-refractivity contribution in [2.75, 3.05) is 12.3 Å². The minimum atomic E-state index is -0.00632. The molecule has 0 heterocycles. The van der Waals surface area contributed by atoms with Crippen LogP contribution < -0.4 is 11.1 Å². The van der Waals surface area contributed by atoms with Crippen LogP contribution in [0.1, 0.15) is 95.3 Å². The van der Waals surface area contributed by atoms with E-state index in [1.165, 1.54) is 64.2 Å². The van der Waals surface area contributed by atoms with Gasteiger partial charge in [0.1, 0.15) is 0 Å². The van der Waals surface area contributed by atoms with Crippen molar-refractivity contribution in [1.82, 2.24) is 5.32 Å². The second-order valence-corrected chi connectivity index (χ2v) is 7.69. The zero-order chi connectivity index (χ0) is 19.2. The van der Waals surface area contributed by atoms with E-state index < -0.39 is 0 Å². The van der Waals surface area contributed by atoms with E-state index >= 15 is 0 Å². The van der Waals surface area contributed by atoms with Crippen molar-refractivity contribution in [2.45, 2.75) is 85.0 Å². The maximum atomic E-state index is 12.4. The predicted molar refractivity (Wildman–Crippen MR) is 113 cm³/mol. The molecule has 0 aliphatic rings. The van der Waals surface area contributed by atoms with Gasteiger partial charge < -0.3 is 11.1 Å². The maximum Gasteiger partial charge on any atom is 0.251 e. The third-order valence-corrected chi connectivity index (χ3v) is 5.43. The molecule has 3 heteroatoms. The number of nitrogens with two attached hydrogens (primary N) is 1. The van der Waals surface area contributed by atoms with Crippen LogP contribution in [0.5, 0.6) is 0 Å². The highest BCUT2D eigenvalue weighted by molar-refractivity contribution is 5.94. The van der Waals surface area contributed by atoms with Gasteiger partial charge in [0.05, 0.1) is 0 Å². The van der Waals surface area contributed by atoms with Gasteiger partial charge in [0.2, 0.25) is 0 Å². The van der Waals surface area contributed by atoms with E-state index in [4.69, 9.17) is 5.73 Å². The third kappa shape index (κ3) is 9.26. The van der Waals surface area contributed by atoms with E-state index in [0.717, 1.165) is 12.5 Å². The molecule has 2 atom stereocenters. The lowest BCUT2D eigenvalue weighted by atomic mass is 9.89. The Morgan fingerprint density at radius 1 is 0.962 bits per heavy atom. The SMILES string of the molecule is CCCCC(CC)CCCC(CCCC)CNC(=O)c1cccc(N)c1. The monoisotopic (exact) mass is 360 g/mol. The lowest BCUT2D eigenvalue weighted by Gasteiger charge is -2.20. The standard InChI is InChI=1S/C23H40N2O/c1-4-7-11-19(6-3)13-9-14-20(12-8-5-2)18-25-23(26)21-15-10-16-22(24)17-21/h10,15-17,19-20H,4-9,11-14,18,24H2,1-3H3,(H,25,26). The molecule has 0 fully saturated rings. The molecule has 3 nitrogen and oxygen atoms in total. The lowest BCUT2D eigenvalue weighted by Crippen LogP contribution is -2.29. The molecule has 148 valence electrons. The smallest absolute Gasteiger partial charge is 0.251 e. The number of amides is 1. The largest absolute Gasteiger partial charge is 0.399 e. The minimum absolute atomic E-state index is 0.00632. The average molecular weight is 361 g/mol. The molecule has 0 aromatic heterocycles. The van der Waals surface area contributed by atoms with Crippen molar-refractivity contribution in [2.24, 2.45) is 11.8 Å². The Morgan fingerprint density at radius 3 is 2.19 bits per heavy atom. The van der Waals surface area contributed by atoms with Crippen LogP contribution in [0.4, 0.5) is 5.69 Å². The number of rotatable bonds is 14. The zero-order valence-electron chi connectivity index (χ0n) is 17.2. The van der Waals surface area contributed by atoms with Gasteiger partial charge in [-0.1, -0.05) is 78.2 Å². The van der Waals surface area contributed by atoms with Crippen molar-refractivity contribution in [1.29, 1.82) is 0 Å². The maximum absolute atomic E-state index is 12.4. The number of nitrogens with one attached hydrogen (secondary N) is 1. The van der Waals surface area contributed by atoms with E-state index in [-0.39, 0.29) is 5.91 Å². The molecule has 0 saturated carbocycles. The number of nitrogen functional groups attached to an aromatic ring is 1. The highest BCUT2D eigenvalue weighted by atomic mass is 16.1. The molecule has 1 aromatic carbocycles. The molecule has 2 unspecified atom stereocenters. The number of anilines is 1. The summed E-state index contributed by atoms with van der Waals surface area (Å²) in [5.41, 5.74) is 7.07. The van der Waals surface area contributed by atoms with E-state index in [9.17, 15) is 4.79 Å². The normalized spacial score (nSPS) is 13.3. The summed E-state index contributed by atoms with van der Waals surface area (Å²) < 4.78 is 0. The molecule has 1 rings (SSSR count). The fraction of sp³-hybridized carbons (Fsp3) is 0.696. The predicted octanol–water partition coefficient (Wildman–Crippen LogP) is 6.19. The minimum Gasteiger partial charge on any atom is -0.399 e. The van der Waals surface area contributed by atoms with Crippen molar-refractivity contribution < 1.29 is 4.79 Å². The molecular formula is C23H40N2O. The first-order valence-electron chi connectivity index (χ1n) is 10.7. The van der Waals surface area contributed by atoms with E-state index in [0.29, 0.717) is 17.2 Å². The summed E-state index contributed by atoms with van der Waals surface area (Å²) in [6.45, 7) is 7.61. The van der Waals surface area contributed by atoms with Crippen LogP contribution in [-0.4, -0.2) is 12.5 Å².